The Bertz CT molecular complexity index is 543. The fourth-order valence-corrected chi connectivity index (χ4v) is 2.14. The predicted octanol–water partition coefficient (Wildman–Crippen LogP) is 0.512. The van der Waals surface area contributed by atoms with Crippen molar-refractivity contribution in [3.63, 3.8) is 0 Å². The number of rotatable bonds is 1. The smallest absolute Gasteiger partial charge is 0.253 e. The number of carbonyl (C=O) groups excluding carboxylic acids is 1. The number of aliphatic hydroxyl groups is 1. The Morgan fingerprint density at radius 2 is 2.37 bits per heavy atom. The van der Waals surface area contributed by atoms with Gasteiger partial charge in [-0.05, 0) is 31.0 Å². The molecule has 1 aromatic rings. The second-order valence-corrected chi connectivity index (χ2v) is 4.73. The highest BCUT2D eigenvalue weighted by atomic mass is 16.3. The van der Waals surface area contributed by atoms with Crippen molar-refractivity contribution >= 4 is 5.91 Å². The number of carbonyl (C=O) groups is 1. The molecular formula is C15H18N2O2. The largest absolute Gasteiger partial charge is 0.391 e. The number of nitrogens with two attached hydrogens (primary N) is 1. The maximum absolute atomic E-state index is 12.3. The van der Waals surface area contributed by atoms with Gasteiger partial charge in [0, 0.05) is 24.2 Å². The summed E-state index contributed by atoms with van der Waals surface area (Å²) in [5.41, 5.74) is 7.83. The van der Waals surface area contributed by atoms with Crippen molar-refractivity contribution in [3.8, 4) is 11.8 Å². The lowest BCUT2D eigenvalue weighted by molar-refractivity contribution is 0.0765. The molecule has 1 heterocycles. The first-order chi connectivity index (χ1) is 9.11. The molecule has 4 heteroatoms. The molecule has 1 aliphatic rings. The lowest BCUT2D eigenvalue weighted by Crippen LogP contribution is -2.29. The third-order valence-electron chi connectivity index (χ3n) is 3.26. The Morgan fingerprint density at radius 1 is 1.58 bits per heavy atom. The van der Waals surface area contributed by atoms with Gasteiger partial charge in [-0.3, -0.25) is 4.79 Å². The van der Waals surface area contributed by atoms with Crippen LogP contribution in [0.3, 0.4) is 0 Å². The molecule has 2 rings (SSSR count). The Morgan fingerprint density at radius 3 is 3.00 bits per heavy atom. The number of benzene rings is 1. The van der Waals surface area contributed by atoms with Crippen LogP contribution < -0.4 is 5.73 Å². The first-order valence-electron chi connectivity index (χ1n) is 6.38. The third kappa shape index (κ3) is 3.14. The maximum Gasteiger partial charge on any atom is 0.253 e. The van der Waals surface area contributed by atoms with E-state index in [9.17, 15) is 9.90 Å². The minimum Gasteiger partial charge on any atom is -0.391 e. The first kappa shape index (κ1) is 13.6. The summed E-state index contributed by atoms with van der Waals surface area (Å²) in [5.74, 6) is 5.72. The summed E-state index contributed by atoms with van der Waals surface area (Å²) in [6, 6.07) is 5.49. The first-order valence-corrected chi connectivity index (χ1v) is 6.38. The fraction of sp³-hybridized carbons (Fsp3) is 0.400. The van der Waals surface area contributed by atoms with Crippen molar-refractivity contribution in [1.82, 2.24) is 4.90 Å². The molecule has 1 aliphatic heterocycles. The van der Waals surface area contributed by atoms with Gasteiger partial charge < -0.3 is 15.7 Å². The second-order valence-electron chi connectivity index (χ2n) is 4.73. The molecule has 0 aliphatic carbocycles. The summed E-state index contributed by atoms with van der Waals surface area (Å²) in [6.07, 6.45) is 0.253. The van der Waals surface area contributed by atoms with E-state index in [0.29, 0.717) is 31.6 Å². The van der Waals surface area contributed by atoms with Crippen LogP contribution in [-0.4, -0.2) is 41.7 Å². The summed E-state index contributed by atoms with van der Waals surface area (Å²) in [6.45, 7) is 3.28. The van der Waals surface area contributed by atoms with Crippen molar-refractivity contribution in [2.24, 2.45) is 5.73 Å². The van der Waals surface area contributed by atoms with Gasteiger partial charge in [-0.15, -0.1) is 0 Å². The van der Waals surface area contributed by atoms with Crippen molar-refractivity contribution in [2.75, 3.05) is 19.6 Å². The van der Waals surface area contributed by atoms with Crippen molar-refractivity contribution < 1.29 is 9.90 Å². The van der Waals surface area contributed by atoms with E-state index < -0.39 is 6.10 Å². The summed E-state index contributed by atoms with van der Waals surface area (Å²) in [4.78, 5) is 13.9. The molecule has 1 amide bonds. The number of β-amino-alcohol motifs (C(OH)–C–C–N with tert-alkyl or cyclic N) is 1. The maximum atomic E-state index is 12.3. The molecule has 0 saturated carbocycles. The zero-order valence-corrected chi connectivity index (χ0v) is 11.0. The minimum absolute atomic E-state index is 0.0488. The zero-order valence-electron chi connectivity index (χ0n) is 11.0. The standard InChI is InChI=1S/C15H18N2O2/c1-11-4-5-13(9-12(11)3-2-7-16)15(19)17-8-6-14(18)10-17/h4-5,9,14,18H,6-8,10,16H2,1H3. The van der Waals surface area contributed by atoms with E-state index in [4.69, 9.17) is 5.73 Å². The number of hydrogen-bond acceptors (Lipinski definition) is 3. The Hall–Kier alpha value is -1.83. The molecule has 4 nitrogen and oxygen atoms in total. The number of aliphatic hydroxyl groups excluding tert-OH is 1. The van der Waals surface area contributed by atoms with Crippen molar-refractivity contribution in [3.05, 3.63) is 34.9 Å². The second kappa shape index (κ2) is 5.87. The highest BCUT2D eigenvalue weighted by Crippen LogP contribution is 2.16. The Kier molecular flexibility index (Phi) is 4.20. The number of nitrogens with zero attached hydrogens (tertiary/aromatic N) is 1. The average Bonchev–Trinajstić information content (AvgIpc) is 2.83. The fourth-order valence-electron chi connectivity index (χ4n) is 2.14. The van der Waals surface area contributed by atoms with E-state index in [1.165, 1.54) is 0 Å². The molecule has 19 heavy (non-hydrogen) atoms. The van der Waals surface area contributed by atoms with Crippen molar-refractivity contribution in [2.45, 2.75) is 19.4 Å². The third-order valence-corrected chi connectivity index (χ3v) is 3.26. The van der Waals surface area contributed by atoms with Crippen LogP contribution in [0.2, 0.25) is 0 Å². The number of hydrogen-bond donors (Lipinski definition) is 2. The monoisotopic (exact) mass is 258 g/mol. The summed E-state index contributed by atoms with van der Waals surface area (Å²) in [7, 11) is 0. The molecule has 3 N–H and O–H groups in total. The lowest BCUT2D eigenvalue weighted by Gasteiger charge is -2.16. The molecule has 1 fully saturated rings. The minimum atomic E-state index is -0.397. The number of aryl methyl sites for hydroxylation is 1. The van der Waals surface area contributed by atoms with Crippen LogP contribution in [0.1, 0.15) is 27.9 Å². The van der Waals surface area contributed by atoms with E-state index in [-0.39, 0.29) is 5.91 Å². The molecule has 0 bridgehead atoms. The summed E-state index contributed by atoms with van der Waals surface area (Å²) in [5, 5.41) is 9.48. The molecular weight excluding hydrogens is 240 g/mol. The molecule has 0 radical (unpaired) electrons. The molecule has 0 aromatic heterocycles. The molecule has 0 spiro atoms. The quantitative estimate of drug-likeness (QED) is 0.721. The molecule has 1 aromatic carbocycles. The summed E-state index contributed by atoms with van der Waals surface area (Å²) >= 11 is 0. The predicted molar refractivity (Wildman–Crippen MR) is 73.6 cm³/mol. The normalized spacial score (nSPS) is 18.1. The van der Waals surface area contributed by atoms with Crippen LogP contribution in [0.15, 0.2) is 18.2 Å². The van der Waals surface area contributed by atoms with Crippen molar-refractivity contribution in [1.29, 1.82) is 0 Å². The topological polar surface area (TPSA) is 66.6 Å². The Labute approximate surface area is 113 Å². The van der Waals surface area contributed by atoms with E-state index in [2.05, 4.69) is 11.8 Å². The van der Waals surface area contributed by atoms with Crippen LogP contribution in [0.5, 0.6) is 0 Å². The van der Waals surface area contributed by atoms with Gasteiger partial charge in [0.15, 0.2) is 0 Å². The van der Waals surface area contributed by atoms with Gasteiger partial charge >= 0.3 is 0 Å². The van der Waals surface area contributed by atoms with Gasteiger partial charge in [0.1, 0.15) is 0 Å². The molecule has 100 valence electrons. The van der Waals surface area contributed by atoms with Crippen LogP contribution in [0, 0.1) is 18.8 Å². The Balaban J connectivity index is 2.23. The van der Waals surface area contributed by atoms with E-state index in [0.717, 1.165) is 11.1 Å². The highest BCUT2D eigenvalue weighted by molar-refractivity contribution is 5.95. The molecule has 1 saturated heterocycles. The van der Waals surface area contributed by atoms with Crippen LogP contribution in [-0.2, 0) is 0 Å². The van der Waals surface area contributed by atoms with Gasteiger partial charge in [-0.25, -0.2) is 0 Å². The van der Waals surface area contributed by atoms with Gasteiger partial charge in [0.2, 0.25) is 0 Å². The van der Waals surface area contributed by atoms with Crippen LogP contribution in [0.25, 0.3) is 0 Å². The number of amides is 1. The van der Waals surface area contributed by atoms with Crippen LogP contribution in [0.4, 0.5) is 0 Å². The van der Waals surface area contributed by atoms with Gasteiger partial charge in [-0.1, -0.05) is 17.9 Å². The van der Waals surface area contributed by atoms with Gasteiger partial charge in [-0.2, -0.15) is 0 Å². The van der Waals surface area contributed by atoms with E-state index >= 15 is 0 Å². The SMILES string of the molecule is Cc1ccc(C(=O)N2CCC(O)C2)cc1C#CCN. The summed E-state index contributed by atoms with van der Waals surface area (Å²) < 4.78 is 0. The van der Waals surface area contributed by atoms with Gasteiger partial charge in [0.05, 0.1) is 12.6 Å². The number of likely N-dealkylation sites (tertiary alicyclic amines) is 1. The highest BCUT2D eigenvalue weighted by Gasteiger charge is 2.25. The zero-order chi connectivity index (χ0) is 13.8. The van der Waals surface area contributed by atoms with Gasteiger partial charge in [0.25, 0.3) is 5.91 Å². The van der Waals surface area contributed by atoms with E-state index in [1.807, 2.05) is 13.0 Å². The molecule has 1 unspecified atom stereocenters. The molecule has 1 atom stereocenters. The average molecular weight is 258 g/mol. The van der Waals surface area contributed by atoms with Crippen LogP contribution >= 0.6 is 0 Å². The van der Waals surface area contributed by atoms with E-state index in [1.54, 1.807) is 17.0 Å². The lowest BCUT2D eigenvalue weighted by atomic mass is 10.0.